The summed E-state index contributed by atoms with van der Waals surface area (Å²) in [5.74, 6) is 0.295. The van der Waals surface area contributed by atoms with Gasteiger partial charge in [-0.25, -0.2) is 0 Å². The van der Waals surface area contributed by atoms with Gasteiger partial charge in [-0.1, -0.05) is 48.6 Å². The first-order valence-electron chi connectivity index (χ1n) is 10.5. The molecule has 4 rings (SSSR count). The highest BCUT2D eigenvalue weighted by Crippen LogP contribution is 2.53. The Morgan fingerprint density at radius 2 is 1.79 bits per heavy atom. The molecule has 0 amide bonds. The van der Waals surface area contributed by atoms with Crippen LogP contribution in [0.25, 0.3) is 0 Å². The number of fused-ring (bicyclic) bond motifs is 1. The van der Waals surface area contributed by atoms with Crippen LogP contribution in [0, 0.1) is 17.8 Å². The number of ether oxygens (including phenoxy) is 4. The summed E-state index contributed by atoms with van der Waals surface area (Å²) in [4.78, 5) is 0. The molecule has 0 bridgehead atoms. The van der Waals surface area contributed by atoms with Gasteiger partial charge in [0.1, 0.15) is 11.7 Å². The van der Waals surface area contributed by atoms with E-state index in [9.17, 15) is 0 Å². The summed E-state index contributed by atoms with van der Waals surface area (Å²) in [6.07, 6.45) is 6.92. The summed E-state index contributed by atoms with van der Waals surface area (Å²) in [7, 11) is 0. The number of benzene rings is 1. The molecule has 0 unspecified atom stereocenters. The van der Waals surface area contributed by atoms with Gasteiger partial charge in [-0.2, -0.15) is 0 Å². The van der Waals surface area contributed by atoms with Crippen molar-refractivity contribution < 1.29 is 18.9 Å². The summed E-state index contributed by atoms with van der Waals surface area (Å²) in [6.45, 7) is 16.5. The predicted molar refractivity (Wildman–Crippen MR) is 113 cm³/mol. The second-order valence-electron chi connectivity index (χ2n) is 8.84. The summed E-state index contributed by atoms with van der Waals surface area (Å²) in [6, 6.07) is 10.2. The fraction of sp³-hybridized carbons (Fsp3) is 0.520. The molecule has 1 aliphatic carbocycles. The Labute approximate surface area is 174 Å². The lowest BCUT2D eigenvalue weighted by atomic mass is 9.79. The summed E-state index contributed by atoms with van der Waals surface area (Å²) >= 11 is 0. The van der Waals surface area contributed by atoms with Crippen molar-refractivity contribution in [3.63, 3.8) is 0 Å². The molecule has 4 nitrogen and oxygen atoms in total. The molecule has 0 N–H and O–H groups in total. The Morgan fingerprint density at radius 1 is 1.03 bits per heavy atom. The summed E-state index contributed by atoms with van der Waals surface area (Å²) in [5.41, 5.74) is 0.306. The minimum absolute atomic E-state index is 0.220. The van der Waals surface area contributed by atoms with Crippen molar-refractivity contribution in [2.24, 2.45) is 17.8 Å². The molecule has 3 aliphatic rings. The molecule has 2 heterocycles. The number of hydrogen-bond donors (Lipinski definition) is 0. The maximum atomic E-state index is 6.61. The Bertz CT molecular complexity index is 757. The Balaban J connectivity index is 1.66. The molecule has 1 saturated carbocycles. The third kappa shape index (κ3) is 3.64. The maximum Gasteiger partial charge on any atom is 0.190 e. The third-order valence-electron chi connectivity index (χ3n) is 6.60. The first-order chi connectivity index (χ1) is 13.9. The van der Waals surface area contributed by atoms with Crippen LogP contribution in [0.3, 0.4) is 0 Å². The van der Waals surface area contributed by atoms with Gasteiger partial charge in [-0.05, 0) is 50.0 Å². The van der Waals surface area contributed by atoms with E-state index in [0.717, 1.165) is 18.4 Å². The molecule has 29 heavy (non-hydrogen) atoms. The maximum absolute atomic E-state index is 6.61. The molecule has 4 heteroatoms. The summed E-state index contributed by atoms with van der Waals surface area (Å²) in [5, 5.41) is 0. The molecule has 2 aliphatic heterocycles. The molecule has 1 aromatic rings. The van der Waals surface area contributed by atoms with Crippen molar-refractivity contribution >= 4 is 0 Å². The molecular formula is C25H32O4. The lowest BCUT2D eigenvalue weighted by molar-refractivity contribution is -0.238. The van der Waals surface area contributed by atoms with Crippen LogP contribution in [0.1, 0.15) is 32.3 Å². The monoisotopic (exact) mass is 396 g/mol. The Hall–Kier alpha value is -1.72. The molecule has 1 aromatic carbocycles. The molecule has 0 radical (unpaired) electrons. The van der Waals surface area contributed by atoms with Gasteiger partial charge in [0.25, 0.3) is 0 Å². The quantitative estimate of drug-likeness (QED) is 0.607. The van der Waals surface area contributed by atoms with Gasteiger partial charge in [0, 0.05) is 0 Å². The van der Waals surface area contributed by atoms with E-state index in [1.807, 2.05) is 50.3 Å². The number of allylic oxidation sites excluding steroid dienone is 2. The van der Waals surface area contributed by atoms with Crippen LogP contribution in [0.5, 0.6) is 0 Å². The van der Waals surface area contributed by atoms with Gasteiger partial charge in [0.2, 0.25) is 0 Å². The lowest BCUT2D eigenvalue weighted by Crippen LogP contribution is -2.52. The van der Waals surface area contributed by atoms with Gasteiger partial charge in [0.15, 0.2) is 12.1 Å². The van der Waals surface area contributed by atoms with E-state index in [-0.39, 0.29) is 18.1 Å². The fourth-order valence-corrected chi connectivity index (χ4v) is 5.18. The van der Waals surface area contributed by atoms with E-state index in [1.54, 1.807) is 0 Å². The van der Waals surface area contributed by atoms with Crippen LogP contribution in [0.4, 0.5) is 0 Å². The van der Waals surface area contributed by atoms with Crippen molar-refractivity contribution in [2.45, 2.75) is 63.2 Å². The van der Waals surface area contributed by atoms with Crippen LogP contribution >= 0.6 is 0 Å². The Kier molecular flexibility index (Phi) is 5.56. The molecular weight excluding hydrogens is 364 g/mol. The highest BCUT2D eigenvalue weighted by atomic mass is 16.8. The standard InChI is InChI=1S/C25H32O4/c1-6-17-14-19(7-2)20(15-17)21-25(8-3,26-16-18-12-10-9-11-13-18)22-23(27-21)29-24(4,5)28-22/h6-13,17,19-23H,1-3,14-16H2,4-5H3/t17-,19+,20-,21+,22-,23+,25+/m0/s1. The van der Waals surface area contributed by atoms with E-state index in [1.165, 1.54) is 0 Å². The van der Waals surface area contributed by atoms with E-state index in [4.69, 9.17) is 18.9 Å². The van der Waals surface area contributed by atoms with E-state index in [2.05, 4.69) is 31.9 Å². The van der Waals surface area contributed by atoms with Gasteiger partial charge in [-0.3, -0.25) is 0 Å². The van der Waals surface area contributed by atoms with E-state index >= 15 is 0 Å². The first kappa shape index (κ1) is 20.5. The molecule has 2 saturated heterocycles. The largest absolute Gasteiger partial charge is 0.361 e. The predicted octanol–water partition coefficient (Wildman–Crippen LogP) is 5.02. The van der Waals surface area contributed by atoms with Crippen molar-refractivity contribution in [1.82, 2.24) is 0 Å². The van der Waals surface area contributed by atoms with Gasteiger partial charge in [0.05, 0.1) is 12.7 Å². The van der Waals surface area contributed by atoms with Crippen LogP contribution in [0.15, 0.2) is 68.3 Å². The third-order valence-corrected chi connectivity index (χ3v) is 6.60. The van der Waals surface area contributed by atoms with Gasteiger partial charge in [-0.15, -0.1) is 19.7 Å². The SMILES string of the molecule is C=C[C@@H]1C[C@H]([C@H]2O[C@@H]3OC(C)(C)O[C@@H]3[C@]2(C=C)OCc2ccccc2)[C@H](C=C)C1. The molecule has 7 atom stereocenters. The van der Waals surface area contributed by atoms with Gasteiger partial charge >= 0.3 is 0 Å². The van der Waals surface area contributed by atoms with E-state index in [0.29, 0.717) is 18.4 Å². The van der Waals surface area contributed by atoms with Crippen LogP contribution in [-0.4, -0.2) is 29.9 Å². The molecule has 0 aromatic heterocycles. The highest BCUT2D eigenvalue weighted by molar-refractivity contribution is 5.21. The number of rotatable bonds is 7. The van der Waals surface area contributed by atoms with Crippen LogP contribution in [0.2, 0.25) is 0 Å². The molecule has 0 spiro atoms. The Morgan fingerprint density at radius 3 is 2.45 bits per heavy atom. The van der Waals surface area contributed by atoms with E-state index < -0.39 is 17.7 Å². The second kappa shape index (κ2) is 7.84. The van der Waals surface area contributed by atoms with Crippen LogP contribution < -0.4 is 0 Å². The fourth-order valence-electron chi connectivity index (χ4n) is 5.18. The zero-order chi connectivity index (χ0) is 20.6. The van der Waals surface area contributed by atoms with Crippen molar-refractivity contribution in [3.05, 3.63) is 73.9 Å². The lowest BCUT2D eigenvalue weighted by Gasteiger charge is -2.39. The van der Waals surface area contributed by atoms with Crippen molar-refractivity contribution in [3.8, 4) is 0 Å². The zero-order valence-corrected chi connectivity index (χ0v) is 17.5. The molecule has 3 fully saturated rings. The highest BCUT2D eigenvalue weighted by Gasteiger charge is 2.65. The van der Waals surface area contributed by atoms with Crippen LogP contribution in [-0.2, 0) is 25.6 Å². The topological polar surface area (TPSA) is 36.9 Å². The minimum Gasteiger partial charge on any atom is -0.361 e. The smallest absolute Gasteiger partial charge is 0.190 e. The van der Waals surface area contributed by atoms with Gasteiger partial charge < -0.3 is 18.9 Å². The number of hydrogen-bond acceptors (Lipinski definition) is 4. The zero-order valence-electron chi connectivity index (χ0n) is 17.5. The first-order valence-corrected chi connectivity index (χ1v) is 10.5. The normalized spacial score (nSPS) is 40.5. The van der Waals surface area contributed by atoms with Crippen molar-refractivity contribution in [1.29, 1.82) is 0 Å². The minimum atomic E-state index is -0.795. The molecule has 156 valence electrons. The average Bonchev–Trinajstić information content (AvgIpc) is 3.35. The van der Waals surface area contributed by atoms with Crippen molar-refractivity contribution in [2.75, 3.05) is 0 Å². The second-order valence-corrected chi connectivity index (χ2v) is 8.84. The summed E-state index contributed by atoms with van der Waals surface area (Å²) < 4.78 is 25.5. The average molecular weight is 397 g/mol.